The van der Waals surface area contributed by atoms with Gasteiger partial charge in [-0.05, 0) is 49.9 Å². The lowest BCUT2D eigenvalue weighted by Gasteiger charge is -2.39. The number of hydrogen-bond donors (Lipinski definition) is 1. The Morgan fingerprint density at radius 2 is 1.96 bits per heavy atom. The number of nitrogens with one attached hydrogen (secondary N) is 1. The molecule has 1 aliphatic heterocycles. The van der Waals surface area contributed by atoms with Gasteiger partial charge in [0.05, 0.1) is 6.61 Å². The van der Waals surface area contributed by atoms with Crippen LogP contribution in [0.4, 0.5) is 10.5 Å². The van der Waals surface area contributed by atoms with Gasteiger partial charge in [0.2, 0.25) is 0 Å². The molecule has 1 aromatic carbocycles. The van der Waals surface area contributed by atoms with Gasteiger partial charge < -0.3 is 23.8 Å². The third-order valence-corrected chi connectivity index (χ3v) is 5.02. The third-order valence-electron chi connectivity index (χ3n) is 4.62. The Morgan fingerprint density at radius 1 is 1.27 bits per heavy atom. The van der Waals surface area contributed by atoms with E-state index >= 15 is 0 Å². The minimum atomic E-state index is -2.40. The van der Waals surface area contributed by atoms with E-state index in [0.29, 0.717) is 43.4 Å². The zero-order chi connectivity index (χ0) is 18.7. The Balaban J connectivity index is 1.55. The van der Waals surface area contributed by atoms with E-state index in [9.17, 15) is 18.4 Å². The first-order valence-corrected chi connectivity index (χ1v) is 9.70. The fourth-order valence-corrected chi connectivity index (χ4v) is 3.26. The maximum Gasteiger partial charge on any atom is 0.409 e. The van der Waals surface area contributed by atoms with E-state index in [4.69, 9.17) is 4.74 Å². The summed E-state index contributed by atoms with van der Waals surface area (Å²) in [5.41, 5.74) is 0.870. The molecule has 0 aromatic heterocycles. The van der Waals surface area contributed by atoms with E-state index in [1.165, 1.54) is 0 Å². The molecule has 1 saturated carbocycles. The van der Waals surface area contributed by atoms with E-state index in [2.05, 4.69) is 4.72 Å². The monoisotopic (exact) mass is 380 g/mol. The van der Waals surface area contributed by atoms with Gasteiger partial charge in [0.1, 0.15) is 0 Å². The van der Waals surface area contributed by atoms with E-state index in [-0.39, 0.29) is 18.0 Å². The predicted molar refractivity (Wildman–Crippen MR) is 95.1 cm³/mol. The van der Waals surface area contributed by atoms with Crippen molar-refractivity contribution in [3.63, 3.8) is 0 Å². The molecule has 0 bridgehead atoms. The molecule has 142 valence electrons. The average Bonchev–Trinajstić information content (AvgIpc) is 3.43. The van der Waals surface area contributed by atoms with Gasteiger partial charge in [-0.2, -0.15) is 0 Å². The van der Waals surface area contributed by atoms with Crippen LogP contribution in [0.5, 0.6) is 0 Å². The molecule has 2 aliphatic rings. The van der Waals surface area contributed by atoms with Crippen molar-refractivity contribution in [3.05, 3.63) is 29.8 Å². The van der Waals surface area contributed by atoms with Gasteiger partial charge in [-0.1, -0.05) is 0 Å². The summed E-state index contributed by atoms with van der Waals surface area (Å²) in [6.45, 7) is 3.69. The van der Waals surface area contributed by atoms with Gasteiger partial charge in [0.15, 0.2) is 0 Å². The number of anilines is 1. The number of benzene rings is 1. The van der Waals surface area contributed by atoms with E-state index in [1.807, 2.05) is 6.92 Å². The molecule has 8 nitrogen and oxygen atoms in total. The SMILES string of the molecule is CC1CN(C(=O)OCC2CC2)CCN1C(=O)c1ccc(NS(=O)[O-])cc1. The lowest BCUT2D eigenvalue weighted by Crippen LogP contribution is -2.55. The summed E-state index contributed by atoms with van der Waals surface area (Å²) < 4.78 is 28.8. The van der Waals surface area contributed by atoms with Crippen molar-refractivity contribution in [2.45, 2.75) is 25.8 Å². The van der Waals surface area contributed by atoms with Crippen molar-refractivity contribution in [1.29, 1.82) is 0 Å². The number of carbonyl (C=O) groups excluding carboxylic acids is 2. The summed E-state index contributed by atoms with van der Waals surface area (Å²) in [5, 5.41) is 0. The lowest BCUT2D eigenvalue weighted by molar-refractivity contribution is 0.0404. The molecular formula is C17H22N3O5S-. The predicted octanol–water partition coefficient (Wildman–Crippen LogP) is 1.59. The van der Waals surface area contributed by atoms with Crippen LogP contribution in [0, 0.1) is 5.92 Å². The Hall–Kier alpha value is -2.13. The zero-order valence-corrected chi connectivity index (χ0v) is 15.4. The smallest absolute Gasteiger partial charge is 0.409 e. The Kier molecular flexibility index (Phi) is 5.77. The fourth-order valence-electron chi connectivity index (χ4n) is 2.93. The minimum Gasteiger partial charge on any atom is -0.755 e. The molecule has 2 atom stereocenters. The van der Waals surface area contributed by atoms with E-state index in [1.54, 1.807) is 34.1 Å². The van der Waals surface area contributed by atoms with Crippen LogP contribution in [-0.4, -0.2) is 62.8 Å². The van der Waals surface area contributed by atoms with Crippen LogP contribution in [-0.2, 0) is 16.0 Å². The van der Waals surface area contributed by atoms with Crippen molar-refractivity contribution in [3.8, 4) is 0 Å². The standard InChI is InChI=1S/C17H23N3O5S/c1-12-10-19(17(22)25-11-13-2-3-13)8-9-20(12)16(21)14-4-6-15(7-5-14)18-26(23)24/h4-7,12-13,18H,2-3,8-11H2,1H3,(H,23,24)/p-1. The molecule has 1 saturated heterocycles. The van der Waals surface area contributed by atoms with Crippen LogP contribution in [0.1, 0.15) is 30.1 Å². The lowest BCUT2D eigenvalue weighted by atomic mass is 10.1. The number of rotatable bonds is 5. The first-order chi connectivity index (χ1) is 12.4. The number of amides is 2. The number of carbonyl (C=O) groups is 2. The second kappa shape index (κ2) is 8.05. The van der Waals surface area contributed by atoms with Crippen molar-refractivity contribution in [2.75, 3.05) is 31.0 Å². The molecule has 2 fully saturated rings. The van der Waals surface area contributed by atoms with Crippen LogP contribution in [0.3, 0.4) is 0 Å². The van der Waals surface area contributed by atoms with Crippen LogP contribution in [0.25, 0.3) is 0 Å². The van der Waals surface area contributed by atoms with Gasteiger partial charge in [0, 0.05) is 48.2 Å². The summed E-state index contributed by atoms with van der Waals surface area (Å²) >= 11 is -2.40. The normalized spacial score (nSPS) is 21.2. The highest BCUT2D eigenvalue weighted by atomic mass is 32.2. The molecule has 1 aromatic rings. The summed E-state index contributed by atoms with van der Waals surface area (Å²) in [7, 11) is 0. The van der Waals surface area contributed by atoms with E-state index < -0.39 is 11.3 Å². The molecule has 1 heterocycles. The van der Waals surface area contributed by atoms with Crippen LogP contribution >= 0.6 is 0 Å². The van der Waals surface area contributed by atoms with Crippen LogP contribution in [0.2, 0.25) is 0 Å². The highest BCUT2D eigenvalue weighted by Gasteiger charge is 2.32. The van der Waals surface area contributed by atoms with Crippen LogP contribution in [0.15, 0.2) is 24.3 Å². The first kappa shape index (κ1) is 18.7. The van der Waals surface area contributed by atoms with Gasteiger partial charge >= 0.3 is 6.09 Å². The van der Waals surface area contributed by atoms with Crippen LogP contribution < -0.4 is 4.72 Å². The average molecular weight is 380 g/mol. The molecular weight excluding hydrogens is 358 g/mol. The summed E-state index contributed by atoms with van der Waals surface area (Å²) in [4.78, 5) is 28.2. The second-order valence-electron chi connectivity index (χ2n) is 6.73. The summed E-state index contributed by atoms with van der Waals surface area (Å²) in [6.07, 6.45) is 1.95. The Labute approximate surface area is 154 Å². The van der Waals surface area contributed by atoms with Gasteiger partial charge in [-0.25, -0.2) is 4.79 Å². The van der Waals surface area contributed by atoms with Crippen molar-refractivity contribution in [2.24, 2.45) is 5.92 Å². The third kappa shape index (κ3) is 4.73. The molecule has 1 N–H and O–H groups in total. The molecule has 0 radical (unpaired) electrons. The first-order valence-electron chi connectivity index (χ1n) is 8.62. The van der Waals surface area contributed by atoms with E-state index in [0.717, 1.165) is 12.8 Å². The maximum atomic E-state index is 12.7. The second-order valence-corrected chi connectivity index (χ2v) is 7.40. The highest BCUT2D eigenvalue weighted by molar-refractivity contribution is 7.80. The molecule has 1 aliphatic carbocycles. The number of hydrogen-bond acceptors (Lipinski definition) is 5. The summed E-state index contributed by atoms with van der Waals surface area (Å²) in [5.74, 6) is 0.383. The summed E-state index contributed by atoms with van der Waals surface area (Å²) in [6, 6.07) is 6.12. The Bertz CT molecular complexity index is 692. The highest BCUT2D eigenvalue weighted by Crippen LogP contribution is 2.29. The molecule has 0 spiro atoms. The molecule has 3 rings (SSSR count). The maximum absolute atomic E-state index is 12.7. The van der Waals surface area contributed by atoms with Crippen molar-refractivity contribution in [1.82, 2.24) is 9.80 Å². The minimum absolute atomic E-state index is 0.128. The number of piperazine rings is 1. The molecule has 9 heteroatoms. The molecule has 2 unspecified atom stereocenters. The number of nitrogens with zero attached hydrogens (tertiary/aromatic N) is 2. The Morgan fingerprint density at radius 3 is 2.54 bits per heavy atom. The number of ether oxygens (including phenoxy) is 1. The fraction of sp³-hybridized carbons (Fsp3) is 0.529. The largest absolute Gasteiger partial charge is 0.755 e. The van der Waals surface area contributed by atoms with Gasteiger partial charge in [0.25, 0.3) is 5.91 Å². The molecule has 2 amide bonds. The van der Waals surface area contributed by atoms with Gasteiger partial charge in [-0.3, -0.25) is 9.00 Å². The molecule has 26 heavy (non-hydrogen) atoms. The van der Waals surface area contributed by atoms with Gasteiger partial charge in [-0.15, -0.1) is 0 Å². The zero-order valence-electron chi connectivity index (χ0n) is 14.6. The topological polar surface area (TPSA) is 102 Å². The van der Waals surface area contributed by atoms with Crippen molar-refractivity contribution >= 4 is 29.0 Å². The van der Waals surface area contributed by atoms with Crippen molar-refractivity contribution < 1.29 is 23.1 Å². The quantitative estimate of drug-likeness (QED) is 0.782.